The quantitative estimate of drug-likeness (QED) is 0.486. The third kappa shape index (κ3) is 2.53. The maximum atomic E-state index is 13.5. The molecule has 92 valence electrons. The Morgan fingerprint density at radius 1 is 1.28 bits per heavy atom. The Labute approximate surface area is 106 Å². The number of carbonyl (C=O) groups excluding carboxylic acids is 1. The summed E-state index contributed by atoms with van der Waals surface area (Å²) in [6.07, 6.45) is 3.16. The third-order valence-electron chi connectivity index (χ3n) is 2.22. The highest BCUT2D eigenvalue weighted by Crippen LogP contribution is 2.15. The molecular weight excluding hydrogens is 258 g/mol. The van der Waals surface area contributed by atoms with Crippen LogP contribution in [-0.4, -0.2) is 22.0 Å². The lowest BCUT2D eigenvalue weighted by Gasteiger charge is -2.03. The maximum absolute atomic E-state index is 13.5. The van der Waals surface area contributed by atoms with Crippen LogP contribution in [0.25, 0.3) is 0 Å². The Hall–Kier alpha value is -1.82. The molecule has 1 aromatic heterocycles. The van der Waals surface area contributed by atoms with Gasteiger partial charge in [0.2, 0.25) is 5.78 Å². The molecule has 0 N–H and O–H groups in total. The molecule has 2 rings (SSSR count). The van der Waals surface area contributed by atoms with Crippen LogP contribution in [0.15, 0.2) is 35.6 Å². The second-order valence-electron chi connectivity index (χ2n) is 3.38. The van der Waals surface area contributed by atoms with Crippen LogP contribution in [0.5, 0.6) is 0 Å². The number of thioether (sulfide) groups is 1. The highest BCUT2D eigenvalue weighted by atomic mass is 32.2. The standard InChI is InChI=1S/C12H8F2N2OS/c1-18-12-15-5-4-10(16-12)11(17)8-6-7(13)2-3-9(8)14/h2-6H,1H3. The van der Waals surface area contributed by atoms with Gasteiger partial charge in [0.15, 0.2) is 5.16 Å². The number of hydrogen-bond donors (Lipinski definition) is 0. The topological polar surface area (TPSA) is 42.9 Å². The first-order valence-electron chi connectivity index (χ1n) is 4.98. The molecule has 0 radical (unpaired) electrons. The van der Waals surface area contributed by atoms with Gasteiger partial charge < -0.3 is 0 Å². The van der Waals surface area contributed by atoms with E-state index in [-0.39, 0.29) is 11.3 Å². The van der Waals surface area contributed by atoms with Crippen LogP contribution < -0.4 is 0 Å². The molecule has 0 spiro atoms. The number of ketones is 1. The summed E-state index contributed by atoms with van der Waals surface area (Å²) in [5.41, 5.74) is -0.292. The summed E-state index contributed by atoms with van der Waals surface area (Å²) in [5.74, 6) is -2.10. The van der Waals surface area contributed by atoms with E-state index in [1.807, 2.05) is 0 Å². The van der Waals surface area contributed by atoms with Crippen molar-refractivity contribution in [2.24, 2.45) is 0 Å². The van der Waals surface area contributed by atoms with Crippen molar-refractivity contribution in [1.29, 1.82) is 0 Å². The normalized spacial score (nSPS) is 10.4. The van der Waals surface area contributed by atoms with Gasteiger partial charge in [-0.1, -0.05) is 11.8 Å². The van der Waals surface area contributed by atoms with E-state index in [4.69, 9.17) is 0 Å². The summed E-state index contributed by atoms with van der Waals surface area (Å²) in [5, 5.41) is 0.401. The summed E-state index contributed by atoms with van der Waals surface area (Å²) in [6, 6.07) is 4.10. The maximum Gasteiger partial charge on any atom is 0.214 e. The van der Waals surface area contributed by atoms with Gasteiger partial charge in [-0.15, -0.1) is 0 Å². The Kier molecular flexibility index (Phi) is 3.66. The van der Waals surface area contributed by atoms with E-state index in [0.717, 1.165) is 18.2 Å². The molecule has 0 aliphatic rings. The van der Waals surface area contributed by atoms with E-state index in [9.17, 15) is 13.6 Å². The Balaban J connectivity index is 2.44. The van der Waals surface area contributed by atoms with E-state index < -0.39 is 17.4 Å². The fourth-order valence-corrected chi connectivity index (χ4v) is 1.73. The van der Waals surface area contributed by atoms with Crippen molar-refractivity contribution in [2.45, 2.75) is 5.16 Å². The molecule has 3 nitrogen and oxygen atoms in total. The van der Waals surface area contributed by atoms with Crippen LogP contribution in [0.1, 0.15) is 16.1 Å². The zero-order chi connectivity index (χ0) is 13.1. The molecule has 1 heterocycles. The van der Waals surface area contributed by atoms with Crippen molar-refractivity contribution in [2.75, 3.05) is 6.26 Å². The molecule has 18 heavy (non-hydrogen) atoms. The zero-order valence-corrected chi connectivity index (χ0v) is 10.2. The van der Waals surface area contributed by atoms with Crippen LogP contribution >= 0.6 is 11.8 Å². The van der Waals surface area contributed by atoms with Crippen molar-refractivity contribution in [3.8, 4) is 0 Å². The zero-order valence-electron chi connectivity index (χ0n) is 9.35. The van der Waals surface area contributed by atoms with Gasteiger partial charge in [-0.25, -0.2) is 18.7 Å². The Morgan fingerprint density at radius 3 is 2.78 bits per heavy atom. The van der Waals surface area contributed by atoms with Crippen molar-refractivity contribution >= 4 is 17.5 Å². The van der Waals surface area contributed by atoms with Crippen LogP contribution in [0.2, 0.25) is 0 Å². The fraction of sp³-hybridized carbons (Fsp3) is 0.0833. The smallest absolute Gasteiger partial charge is 0.214 e. The lowest BCUT2D eigenvalue weighted by Crippen LogP contribution is -2.08. The van der Waals surface area contributed by atoms with E-state index in [1.54, 1.807) is 6.26 Å². The minimum atomic E-state index is -0.772. The van der Waals surface area contributed by atoms with E-state index in [1.165, 1.54) is 24.0 Å². The minimum absolute atomic E-state index is 0.0406. The summed E-state index contributed by atoms with van der Waals surface area (Å²) in [4.78, 5) is 19.8. The molecule has 0 amide bonds. The summed E-state index contributed by atoms with van der Waals surface area (Å²) in [6.45, 7) is 0. The lowest BCUT2D eigenvalue weighted by molar-refractivity contribution is 0.102. The molecule has 1 aromatic carbocycles. The van der Waals surface area contributed by atoms with Gasteiger partial charge in [0, 0.05) is 6.20 Å². The summed E-state index contributed by atoms with van der Waals surface area (Å²) < 4.78 is 26.5. The van der Waals surface area contributed by atoms with E-state index >= 15 is 0 Å². The predicted octanol–water partition coefficient (Wildman–Crippen LogP) is 2.71. The van der Waals surface area contributed by atoms with Crippen molar-refractivity contribution in [3.63, 3.8) is 0 Å². The van der Waals surface area contributed by atoms with Crippen molar-refractivity contribution in [1.82, 2.24) is 9.97 Å². The number of rotatable bonds is 3. The van der Waals surface area contributed by atoms with Gasteiger partial charge >= 0.3 is 0 Å². The van der Waals surface area contributed by atoms with Crippen LogP contribution in [0, 0.1) is 11.6 Å². The highest BCUT2D eigenvalue weighted by Gasteiger charge is 2.16. The lowest BCUT2D eigenvalue weighted by atomic mass is 10.1. The summed E-state index contributed by atoms with van der Waals surface area (Å²) in [7, 11) is 0. The average molecular weight is 266 g/mol. The second kappa shape index (κ2) is 5.22. The molecule has 0 saturated carbocycles. The number of carbonyl (C=O) groups is 1. The molecule has 0 atom stereocenters. The molecule has 0 fully saturated rings. The van der Waals surface area contributed by atoms with Gasteiger partial charge in [-0.3, -0.25) is 4.79 Å². The van der Waals surface area contributed by atoms with Crippen LogP contribution in [0.4, 0.5) is 8.78 Å². The number of benzene rings is 1. The largest absolute Gasteiger partial charge is 0.287 e. The van der Waals surface area contributed by atoms with Gasteiger partial charge in [0.1, 0.15) is 17.3 Å². The number of aromatic nitrogens is 2. The van der Waals surface area contributed by atoms with E-state index in [2.05, 4.69) is 9.97 Å². The molecule has 0 bridgehead atoms. The molecule has 6 heteroatoms. The third-order valence-corrected chi connectivity index (χ3v) is 2.78. The van der Waals surface area contributed by atoms with Gasteiger partial charge in [0.25, 0.3) is 0 Å². The first-order chi connectivity index (χ1) is 8.61. The number of nitrogens with zero attached hydrogens (tertiary/aromatic N) is 2. The average Bonchev–Trinajstić information content (AvgIpc) is 2.41. The fourth-order valence-electron chi connectivity index (χ4n) is 1.38. The van der Waals surface area contributed by atoms with Gasteiger partial charge in [-0.05, 0) is 30.5 Å². The Bertz CT molecular complexity index is 604. The minimum Gasteiger partial charge on any atom is -0.287 e. The Morgan fingerprint density at radius 2 is 2.06 bits per heavy atom. The second-order valence-corrected chi connectivity index (χ2v) is 4.16. The summed E-state index contributed by atoms with van der Waals surface area (Å²) >= 11 is 1.26. The van der Waals surface area contributed by atoms with Crippen LogP contribution in [0.3, 0.4) is 0 Å². The highest BCUT2D eigenvalue weighted by molar-refractivity contribution is 7.98. The molecule has 0 aliphatic heterocycles. The number of halogens is 2. The first-order valence-corrected chi connectivity index (χ1v) is 6.21. The predicted molar refractivity (Wildman–Crippen MR) is 63.6 cm³/mol. The molecular formula is C12H8F2N2OS. The molecule has 0 aliphatic carbocycles. The van der Waals surface area contributed by atoms with Crippen LogP contribution in [-0.2, 0) is 0 Å². The monoisotopic (exact) mass is 266 g/mol. The first kappa shape index (κ1) is 12.6. The van der Waals surface area contributed by atoms with Crippen molar-refractivity contribution < 1.29 is 13.6 Å². The van der Waals surface area contributed by atoms with E-state index in [0.29, 0.717) is 5.16 Å². The number of hydrogen-bond acceptors (Lipinski definition) is 4. The molecule has 0 unspecified atom stereocenters. The SMILES string of the molecule is CSc1nccc(C(=O)c2cc(F)ccc2F)n1. The molecule has 2 aromatic rings. The molecule has 0 saturated heterocycles. The van der Waals surface area contributed by atoms with Crippen molar-refractivity contribution in [3.05, 3.63) is 53.4 Å². The van der Waals surface area contributed by atoms with Gasteiger partial charge in [-0.2, -0.15) is 0 Å². The van der Waals surface area contributed by atoms with Gasteiger partial charge in [0.05, 0.1) is 5.56 Å².